The first-order valence-corrected chi connectivity index (χ1v) is 10.2. The number of hydrogen-bond acceptors (Lipinski definition) is 6. The van der Waals surface area contributed by atoms with E-state index in [-0.39, 0.29) is 21.9 Å². The first kappa shape index (κ1) is 19.3. The molecular weight excluding hydrogens is 436 g/mol. The lowest BCUT2D eigenvalue weighted by atomic mass is 10.2. The van der Waals surface area contributed by atoms with Gasteiger partial charge >= 0.3 is 0 Å². The van der Waals surface area contributed by atoms with Gasteiger partial charge in [-0.3, -0.25) is 4.79 Å². The van der Waals surface area contributed by atoms with Gasteiger partial charge in [-0.25, -0.2) is 17.8 Å². The number of hydrogen-bond donors (Lipinski definition) is 1. The van der Waals surface area contributed by atoms with E-state index in [0.717, 1.165) is 10.2 Å². The predicted octanol–water partition coefficient (Wildman–Crippen LogP) is 2.98. The Morgan fingerprint density at radius 3 is 2.30 bits per heavy atom. The fourth-order valence-electron chi connectivity index (χ4n) is 2.89. The number of benzene rings is 1. The van der Waals surface area contributed by atoms with Crippen LogP contribution in [0.1, 0.15) is 33.2 Å². The fourth-order valence-corrected chi connectivity index (χ4v) is 4.44. The quantitative estimate of drug-likeness (QED) is 0.651. The van der Waals surface area contributed by atoms with E-state index in [4.69, 9.17) is 4.52 Å². The van der Waals surface area contributed by atoms with E-state index in [1.165, 1.54) is 13.8 Å². The number of aromatic nitrogens is 3. The number of nitrogens with one attached hydrogen (secondary N) is 1. The molecule has 0 saturated heterocycles. The molecule has 0 fully saturated rings. The number of rotatable bonds is 4. The van der Waals surface area contributed by atoms with Gasteiger partial charge in [0.1, 0.15) is 5.69 Å². The number of amides is 1. The van der Waals surface area contributed by atoms with Gasteiger partial charge in [-0.1, -0.05) is 21.1 Å². The summed E-state index contributed by atoms with van der Waals surface area (Å²) in [6.07, 6.45) is 0. The van der Waals surface area contributed by atoms with Gasteiger partial charge in [-0.15, -0.1) is 0 Å². The number of aryl methyl sites for hydroxylation is 3. The lowest BCUT2D eigenvalue weighted by molar-refractivity contribution is 0.0980. The van der Waals surface area contributed by atoms with Crippen LogP contribution in [-0.2, 0) is 10.0 Å². The third kappa shape index (κ3) is 3.54. The van der Waals surface area contributed by atoms with Gasteiger partial charge < -0.3 is 4.52 Å². The van der Waals surface area contributed by atoms with E-state index >= 15 is 0 Å². The van der Waals surface area contributed by atoms with Crippen molar-refractivity contribution in [3.63, 3.8) is 0 Å². The molecule has 0 saturated carbocycles. The van der Waals surface area contributed by atoms with Crippen molar-refractivity contribution in [2.45, 2.75) is 32.6 Å². The molecule has 8 nitrogen and oxygen atoms in total. The standard InChI is InChI=1S/C17H17BrN4O4S/c1-9-15(11(3)22(19-9)14-7-5-13(18)6-8-14)17(23)21-27(24,25)16-10(2)20-26-12(16)4/h5-8H,1-4H3,(H,21,23). The van der Waals surface area contributed by atoms with Gasteiger partial charge in [0, 0.05) is 4.47 Å². The highest BCUT2D eigenvalue weighted by Gasteiger charge is 2.29. The van der Waals surface area contributed by atoms with Crippen molar-refractivity contribution < 1.29 is 17.7 Å². The minimum absolute atomic E-state index is 0.117. The highest BCUT2D eigenvalue weighted by molar-refractivity contribution is 9.10. The summed E-state index contributed by atoms with van der Waals surface area (Å²) in [7, 11) is -4.12. The first-order valence-electron chi connectivity index (χ1n) is 7.94. The zero-order valence-electron chi connectivity index (χ0n) is 15.1. The van der Waals surface area contributed by atoms with E-state index in [0.29, 0.717) is 11.4 Å². The van der Waals surface area contributed by atoms with Gasteiger partial charge in [-0.05, 0) is 52.0 Å². The molecule has 142 valence electrons. The second-order valence-electron chi connectivity index (χ2n) is 6.02. The van der Waals surface area contributed by atoms with Crippen molar-refractivity contribution >= 4 is 31.9 Å². The second kappa shape index (κ2) is 6.93. The van der Waals surface area contributed by atoms with E-state index in [2.05, 4.69) is 30.9 Å². The molecule has 0 atom stereocenters. The number of carbonyl (C=O) groups is 1. The Morgan fingerprint density at radius 2 is 1.74 bits per heavy atom. The zero-order valence-corrected chi connectivity index (χ0v) is 17.5. The summed E-state index contributed by atoms with van der Waals surface area (Å²) in [5, 5.41) is 8.00. The summed E-state index contributed by atoms with van der Waals surface area (Å²) in [4.78, 5) is 12.6. The molecule has 0 bridgehead atoms. The molecule has 10 heteroatoms. The van der Waals surface area contributed by atoms with Gasteiger partial charge in [-0.2, -0.15) is 5.10 Å². The molecule has 1 aromatic carbocycles. The minimum Gasteiger partial charge on any atom is -0.360 e. The van der Waals surface area contributed by atoms with Crippen LogP contribution in [0.4, 0.5) is 0 Å². The van der Waals surface area contributed by atoms with Crippen molar-refractivity contribution in [1.82, 2.24) is 19.7 Å². The second-order valence-corrected chi connectivity index (χ2v) is 8.56. The zero-order chi connectivity index (χ0) is 19.9. The molecule has 0 radical (unpaired) electrons. The predicted molar refractivity (Wildman–Crippen MR) is 101 cm³/mol. The van der Waals surface area contributed by atoms with Crippen LogP contribution in [0.5, 0.6) is 0 Å². The Labute approximate surface area is 164 Å². The average molecular weight is 453 g/mol. The Kier molecular flexibility index (Phi) is 4.96. The highest BCUT2D eigenvalue weighted by Crippen LogP contribution is 2.22. The van der Waals surface area contributed by atoms with Crippen molar-refractivity contribution in [1.29, 1.82) is 0 Å². The maximum Gasteiger partial charge on any atom is 0.269 e. The van der Waals surface area contributed by atoms with Crippen LogP contribution < -0.4 is 4.72 Å². The van der Waals surface area contributed by atoms with E-state index in [1.807, 2.05) is 24.3 Å². The van der Waals surface area contributed by atoms with Crippen molar-refractivity contribution in [3.8, 4) is 5.69 Å². The van der Waals surface area contributed by atoms with Gasteiger partial charge in [0.15, 0.2) is 10.7 Å². The number of nitrogens with zero attached hydrogens (tertiary/aromatic N) is 3. The average Bonchev–Trinajstić information content (AvgIpc) is 3.07. The van der Waals surface area contributed by atoms with Gasteiger partial charge in [0.2, 0.25) is 0 Å². The summed E-state index contributed by atoms with van der Waals surface area (Å²) in [5.41, 5.74) is 2.09. The maximum absolute atomic E-state index is 12.7. The molecule has 0 unspecified atom stereocenters. The molecule has 1 N–H and O–H groups in total. The molecule has 0 spiro atoms. The topological polar surface area (TPSA) is 107 Å². The summed E-state index contributed by atoms with van der Waals surface area (Å²) < 4.78 is 34.7. The summed E-state index contributed by atoms with van der Waals surface area (Å²) in [6, 6.07) is 7.39. The van der Waals surface area contributed by atoms with Crippen LogP contribution in [0.3, 0.4) is 0 Å². The van der Waals surface area contributed by atoms with E-state index in [1.54, 1.807) is 18.5 Å². The molecule has 3 aromatic rings. The smallest absolute Gasteiger partial charge is 0.269 e. The molecule has 3 rings (SSSR count). The molecular formula is C17H17BrN4O4S. The van der Waals surface area contributed by atoms with Gasteiger partial charge in [0.05, 0.1) is 22.6 Å². The normalized spacial score (nSPS) is 11.6. The summed E-state index contributed by atoms with van der Waals surface area (Å²) in [6.45, 7) is 6.33. The van der Waals surface area contributed by atoms with E-state index in [9.17, 15) is 13.2 Å². The lowest BCUT2D eigenvalue weighted by Crippen LogP contribution is -2.32. The van der Waals surface area contributed by atoms with Gasteiger partial charge in [0.25, 0.3) is 15.9 Å². The van der Waals surface area contributed by atoms with Crippen LogP contribution >= 0.6 is 15.9 Å². The fraction of sp³-hybridized carbons (Fsp3) is 0.235. The third-order valence-corrected chi connectivity index (χ3v) is 6.16. The van der Waals surface area contributed by atoms with Crippen LogP contribution in [0.2, 0.25) is 0 Å². The Bertz CT molecular complexity index is 1110. The lowest BCUT2D eigenvalue weighted by Gasteiger charge is -2.08. The van der Waals surface area contributed by atoms with Crippen molar-refractivity contribution in [2.75, 3.05) is 0 Å². The molecule has 2 heterocycles. The number of halogens is 1. The van der Waals surface area contributed by atoms with Crippen molar-refractivity contribution in [3.05, 3.63) is 57.1 Å². The molecule has 0 aliphatic heterocycles. The monoisotopic (exact) mass is 452 g/mol. The molecule has 2 aromatic heterocycles. The molecule has 1 amide bonds. The number of sulfonamides is 1. The first-order chi connectivity index (χ1) is 12.6. The van der Waals surface area contributed by atoms with Crippen LogP contribution in [0.25, 0.3) is 5.69 Å². The van der Waals surface area contributed by atoms with Crippen LogP contribution in [0, 0.1) is 27.7 Å². The van der Waals surface area contributed by atoms with E-state index < -0.39 is 15.9 Å². The minimum atomic E-state index is -4.12. The third-order valence-electron chi connectivity index (χ3n) is 4.05. The number of carbonyl (C=O) groups excluding carboxylic acids is 1. The Morgan fingerprint density at radius 1 is 1.11 bits per heavy atom. The summed E-state index contributed by atoms with van der Waals surface area (Å²) >= 11 is 3.37. The molecule has 0 aliphatic carbocycles. The van der Waals surface area contributed by atoms with Crippen LogP contribution in [0.15, 0.2) is 38.2 Å². The highest BCUT2D eigenvalue weighted by atomic mass is 79.9. The maximum atomic E-state index is 12.7. The molecule has 27 heavy (non-hydrogen) atoms. The van der Waals surface area contributed by atoms with Crippen LogP contribution in [-0.4, -0.2) is 29.3 Å². The Balaban J connectivity index is 1.97. The SMILES string of the molecule is Cc1nn(-c2ccc(Br)cc2)c(C)c1C(=O)NS(=O)(=O)c1c(C)noc1C. The van der Waals surface area contributed by atoms with Crippen molar-refractivity contribution in [2.24, 2.45) is 0 Å². The Hall–Kier alpha value is -2.46. The largest absolute Gasteiger partial charge is 0.360 e. The summed E-state index contributed by atoms with van der Waals surface area (Å²) in [5.74, 6) is -0.639. The molecule has 0 aliphatic rings.